The summed E-state index contributed by atoms with van der Waals surface area (Å²) in [5, 5.41) is 0. The van der Waals surface area contributed by atoms with Gasteiger partial charge in [-0.3, -0.25) is 0 Å². The first-order chi connectivity index (χ1) is 7.30. The zero-order valence-corrected chi connectivity index (χ0v) is 11.0. The lowest BCUT2D eigenvalue weighted by atomic mass is 10.2. The molecule has 0 aromatic heterocycles. The summed E-state index contributed by atoms with van der Waals surface area (Å²) in [6.07, 6.45) is 1.20. The molecule has 0 spiro atoms. The smallest absolute Gasteiger partial charge is 0.175 e. The maximum Gasteiger partial charge on any atom is 0.175 e. The number of ether oxygens (including phenoxy) is 1. The molecule has 0 aliphatic carbocycles. The van der Waals surface area contributed by atoms with Crippen LogP contribution in [0, 0.1) is 12.8 Å². The van der Waals surface area contributed by atoms with Crippen molar-refractivity contribution in [2.45, 2.75) is 25.7 Å². The molecule has 0 heterocycles. The fourth-order valence-corrected chi connectivity index (χ4v) is 1.98. The summed E-state index contributed by atoms with van der Waals surface area (Å²) < 4.78 is 28.2. The molecule has 0 aliphatic rings. The van der Waals surface area contributed by atoms with Crippen molar-refractivity contribution in [2.75, 3.05) is 12.9 Å². The quantitative estimate of drug-likeness (QED) is 0.814. The van der Waals surface area contributed by atoms with Crippen LogP contribution in [0.3, 0.4) is 0 Å². The third-order valence-electron chi connectivity index (χ3n) is 2.15. The standard InChI is InChI=1S/C12H18O3S/c1-9(2)8-15-12-6-5-11(7-10(12)3)16(4,13)14/h5-7,9H,8H2,1-4H3. The number of rotatable bonds is 4. The zero-order valence-electron chi connectivity index (χ0n) is 10.1. The monoisotopic (exact) mass is 242 g/mol. The largest absolute Gasteiger partial charge is 0.493 e. The number of aryl methyl sites for hydroxylation is 1. The maximum atomic E-state index is 11.3. The molecule has 0 saturated carbocycles. The molecule has 4 heteroatoms. The molecule has 0 aliphatic heterocycles. The second kappa shape index (κ2) is 4.87. The second-order valence-corrected chi connectivity index (χ2v) is 6.42. The van der Waals surface area contributed by atoms with Crippen LogP contribution in [0.5, 0.6) is 5.75 Å². The fraction of sp³-hybridized carbons (Fsp3) is 0.500. The predicted molar refractivity (Wildman–Crippen MR) is 64.6 cm³/mol. The Kier molecular flexibility index (Phi) is 3.97. The molecule has 0 saturated heterocycles. The molecule has 1 aromatic rings. The first-order valence-corrected chi connectivity index (χ1v) is 7.13. The van der Waals surface area contributed by atoms with Crippen LogP contribution < -0.4 is 4.74 Å². The molecule has 0 unspecified atom stereocenters. The van der Waals surface area contributed by atoms with Crippen LogP contribution >= 0.6 is 0 Å². The fourth-order valence-electron chi connectivity index (χ4n) is 1.27. The van der Waals surface area contributed by atoms with Gasteiger partial charge in [0.15, 0.2) is 9.84 Å². The Morgan fingerprint density at radius 3 is 2.38 bits per heavy atom. The van der Waals surface area contributed by atoms with E-state index in [2.05, 4.69) is 13.8 Å². The first-order valence-electron chi connectivity index (χ1n) is 5.24. The van der Waals surface area contributed by atoms with Gasteiger partial charge in [-0.05, 0) is 36.6 Å². The molecule has 3 nitrogen and oxygen atoms in total. The number of benzene rings is 1. The van der Waals surface area contributed by atoms with E-state index in [4.69, 9.17) is 4.74 Å². The van der Waals surface area contributed by atoms with E-state index in [9.17, 15) is 8.42 Å². The van der Waals surface area contributed by atoms with Crippen molar-refractivity contribution in [3.8, 4) is 5.75 Å². The number of sulfone groups is 1. The molecular weight excluding hydrogens is 224 g/mol. The SMILES string of the molecule is Cc1cc(S(C)(=O)=O)ccc1OCC(C)C. The molecule has 0 atom stereocenters. The van der Waals surface area contributed by atoms with Crippen LogP contribution in [0.4, 0.5) is 0 Å². The van der Waals surface area contributed by atoms with Crippen molar-refractivity contribution in [1.82, 2.24) is 0 Å². The van der Waals surface area contributed by atoms with Crippen LogP contribution in [-0.2, 0) is 9.84 Å². The molecule has 16 heavy (non-hydrogen) atoms. The van der Waals surface area contributed by atoms with Gasteiger partial charge in [0, 0.05) is 6.26 Å². The first kappa shape index (κ1) is 13.0. The Labute approximate surface area is 97.4 Å². The van der Waals surface area contributed by atoms with Crippen LogP contribution in [0.2, 0.25) is 0 Å². The Bertz CT molecular complexity index is 461. The van der Waals surface area contributed by atoms with E-state index < -0.39 is 9.84 Å². The van der Waals surface area contributed by atoms with Gasteiger partial charge < -0.3 is 4.74 Å². The average Bonchev–Trinajstić information content (AvgIpc) is 2.14. The highest BCUT2D eigenvalue weighted by Gasteiger charge is 2.09. The minimum atomic E-state index is -3.13. The minimum Gasteiger partial charge on any atom is -0.493 e. The number of hydrogen-bond donors (Lipinski definition) is 0. The summed E-state index contributed by atoms with van der Waals surface area (Å²) in [7, 11) is -3.13. The molecular formula is C12H18O3S. The lowest BCUT2D eigenvalue weighted by molar-refractivity contribution is 0.269. The molecule has 1 aromatic carbocycles. The van der Waals surface area contributed by atoms with Gasteiger partial charge in [-0.1, -0.05) is 13.8 Å². The topological polar surface area (TPSA) is 43.4 Å². The van der Waals surface area contributed by atoms with E-state index in [1.807, 2.05) is 6.92 Å². The summed E-state index contributed by atoms with van der Waals surface area (Å²) in [6.45, 7) is 6.63. The van der Waals surface area contributed by atoms with Gasteiger partial charge in [0.1, 0.15) is 5.75 Å². The van der Waals surface area contributed by atoms with Crippen molar-refractivity contribution in [2.24, 2.45) is 5.92 Å². The van der Waals surface area contributed by atoms with Gasteiger partial charge in [-0.25, -0.2) is 8.42 Å². The van der Waals surface area contributed by atoms with Crippen molar-refractivity contribution in [1.29, 1.82) is 0 Å². The van der Waals surface area contributed by atoms with E-state index in [0.717, 1.165) is 11.3 Å². The number of hydrogen-bond acceptors (Lipinski definition) is 3. The summed E-state index contributed by atoms with van der Waals surface area (Å²) in [4.78, 5) is 0.335. The Morgan fingerprint density at radius 1 is 1.31 bits per heavy atom. The third kappa shape index (κ3) is 3.52. The zero-order chi connectivity index (χ0) is 12.3. The lowest BCUT2D eigenvalue weighted by Crippen LogP contribution is -2.06. The highest BCUT2D eigenvalue weighted by molar-refractivity contribution is 7.90. The summed E-state index contributed by atoms with van der Waals surface area (Å²) in [5.41, 5.74) is 0.851. The molecule has 1 rings (SSSR count). The van der Waals surface area contributed by atoms with Crippen LogP contribution in [0.15, 0.2) is 23.1 Å². The van der Waals surface area contributed by atoms with Crippen molar-refractivity contribution in [3.05, 3.63) is 23.8 Å². The maximum absolute atomic E-state index is 11.3. The highest BCUT2D eigenvalue weighted by Crippen LogP contribution is 2.22. The Hall–Kier alpha value is -1.03. The molecule has 0 amide bonds. The summed E-state index contributed by atoms with van der Waals surface area (Å²) >= 11 is 0. The van der Waals surface area contributed by atoms with E-state index in [1.54, 1.807) is 18.2 Å². The van der Waals surface area contributed by atoms with Gasteiger partial charge in [0.05, 0.1) is 11.5 Å². The lowest BCUT2D eigenvalue weighted by Gasteiger charge is -2.11. The van der Waals surface area contributed by atoms with Gasteiger partial charge in [-0.2, -0.15) is 0 Å². The molecule has 90 valence electrons. The molecule has 0 fully saturated rings. The summed E-state index contributed by atoms with van der Waals surface area (Å²) in [5.74, 6) is 1.20. The second-order valence-electron chi connectivity index (χ2n) is 4.40. The Morgan fingerprint density at radius 2 is 1.94 bits per heavy atom. The van der Waals surface area contributed by atoms with E-state index >= 15 is 0 Å². The van der Waals surface area contributed by atoms with Crippen LogP contribution in [0.1, 0.15) is 19.4 Å². The van der Waals surface area contributed by atoms with Crippen molar-refractivity contribution >= 4 is 9.84 Å². The van der Waals surface area contributed by atoms with Gasteiger partial charge >= 0.3 is 0 Å². The van der Waals surface area contributed by atoms with Crippen molar-refractivity contribution < 1.29 is 13.2 Å². The minimum absolute atomic E-state index is 0.335. The van der Waals surface area contributed by atoms with Gasteiger partial charge in [0.2, 0.25) is 0 Å². The Balaban J connectivity index is 2.92. The molecule has 0 N–H and O–H groups in total. The van der Waals surface area contributed by atoms with E-state index in [0.29, 0.717) is 17.4 Å². The van der Waals surface area contributed by atoms with Crippen LogP contribution in [0.25, 0.3) is 0 Å². The van der Waals surface area contributed by atoms with Crippen molar-refractivity contribution in [3.63, 3.8) is 0 Å². The summed E-state index contributed by atoms with van der Waals surface area (Å²) in [6, 6.07) is 4.94. The van der Waals surface area contributed by atoms with Gasteiger partial charge in [0.25, 0.3) is 0 Å². The predicted octanol–water partition coefficient (Wildman–Crippen LogP) is 2.43. The van der Waals surface area contributed by atoms with Crippen LogP contribution in [-0.4, -0.2) is 21.3 Å². The normalized spacial score (nSPS) is 11.8. The molecule has 0 bridgehead atoms. The highest BCUT2D eigenvalue weighted by atomic mass is 32.2. The van der Waals surface area contributed by atoms with E-state index in [-0.39, 0.29) is 0 Å². The average molecular weight is 242 g/mol. The molecule has 0 radical (unpaired) electrons. The third-order valence-corrected chi connectivity index (χ3v) is 3.26. The van der Waals surface area contributed by atoms with Gasteiger partial charge in [-0.15, -0.1) is 0 Å². The van der Waals surface area contributed by atoms with E-state index in [1.165, 1.54) is 6.26 Å².